The summed E-state index contributed by atoms with van der Waals surface area (Å²) < 4.78 is 45.6. The first-order chi connectivity index (χ1) is 9.91. The molecule has 4 nitrogen and oxygen atoms in total. The molecule has 1 heterocycles. The van der Waals surface area contributed by atoms with E-state index in [4.69, 9.17) is 4.74 Å². The SMILES string of the molecule is Cn1nccc1CCOc1ccc(C=O)cc1C(F)(F)F. The number of aromatic nitrogens is 2. The van der Waals surface area contributed by atoms with Gasteiger partial charge in [-0.05, 0) is 24.3 Å². The van der Waals surface area contributed by atoms with Gasteiger partial charge in [0.2, 0.25) is 0 Å². The van der Waals surface area contributed by atoms with E-state index in [2.05, 4.69) is 5.10 Å². The third-order valence-corrected chi connectivity index (χ3v) is 2.98. The minimum atomic E-state index is -4.57. The first-order valence-electron chi connectivity index (χ1n) is 6.18. The fourth-order valence-corrected chi connectivity index (χ4v) is 1.88. The maximum absolute atomic E-state index is 12.9. The van der Waals surface area contributed by atoms with Crippen molar-refractivity contribution >= 4 is 6.29 Å². The minimum Gasteiger partial charge on any atom is -0.493 e. The molecule has 2 aromatic rings. The summed E-state index contributed by atoms with van der Waals surface area (Å²) in [6.07, 6.45) is -2.16. The number of hydrogen-bond acceptors (Lipinski definition) is 3. The second-order valence-electron chi connectivity index (χ2n) is 4.42. The van der Waals surface area contributed by atoms with Crippen molar-refractivity contribution in [2.45, 2.75) is 12.6 Å². The zero-order valence-electron chi connectivity index (χ0n) is 11.2. The Labute approximate surface area is 119 Å². The van der Waals surface area contributed by atoms with Crippen LogP contribution in [0.5, 0.6) is 5.75 Å². The van der Waals surface area contributed by atoms with Crippen molar-refractivity contribution in [3.63, 3.8) is 0 Å². The molecule has 0 unspecified atom stereocenters. The lowest BCUT2D eigenvalue weighted by atomic mass is 10.1. The van der Waals surface area contributed by atoms with Crippen molar-refractivity contribution in [3.05, 3.63) is 47.3 Å². The van der Waals surface area contributed by atoms with Crippen molar-refractivity contribution in [3.8, 4) is 5.75 Å². The summed E-state index contributed by atoms with van der Waals surface area (Å²) in [4.78, 5) is 10.6. The van der Waals surface area contributed by atoms with E-state index in [0.717, 1.165) is 17.8 Å². The van der Waals surface area contributed by atoms with Gasteiger partial charge in [0.15, 0.2) is 0 Å². The molecule has 0 spiro atoms. The van der Waals surface area contributed by atoms with Crippen LogP contribution < -0.4 is 4.74 Å². The predicted octanol–water partition coefficient (Wildman–Crippen LogP) is 2.87. The first-order valence-corrected chi connectivity index (χ1v) is 6.18. The Morgan fingerprint density at radius 1 is 1.33 bits per heavy atom. The minimum absolute atomic E-state index is 0.0405. The van der Waals surface area contributed by atoms with E-state index in [-0.39, 0.29) is 17.9 Å². The fraction of sp³-hybridized carbons (Fsp3) is 0.286. The van der Waals surface area contributed by atoms with E-state index in [1.807, 2.05) is 0 Å². The molecule has 0 saturated carbocycles. The average Bonchev–Trinajstić information content (AvgIpc) is 2.83. The number of aldehydes is 1. The van der Waals surface area contributed by atoms with Gasteiger partial charge in [-0.3, -0.25) is 9.48 Å². The molecule has 1 aromatic heterocycles. The molecule has 21 heavy (non-hydrogen) atoms. The largest absolute Gasteiger partial charge is 0.493 e. The molecule has 0 radical (unpaired) electrons. The number of hydrogen-bond donors (Lipinski definition) is 0. The molecule has 112 valence electrons. The first kappa shape index (κ1) is 15.1. The molecule has 0 aliphatic rings. The molecule has 0 amide bonds. The van der Waals surface area contributed by atoms with Gasteiger partial charge in [0.05, 0.1) is 12.2 Å². The van der Waals surface area contributed by atoms with Crippen molar-refractivity contribution in [1.29, 1.82) is 0 Å². The van der Waals surface area contributed by atoms with E-state index >= 15 is 0 Å². The van der Waals surface area contributed by atoms with E-state index in [9.17, 15) is 18.0 Å². The van der Waals surface area contributed by atoms with Crippen LogP contribution in [0.4, 0.5) is 13.2 Å². The Balaban J connectivity index is 2.12. The van der Waals surface area contributed by atoms with Crippen LogP contribution in [0.1, 0.15) is 21.6 Å². The van der Waals surface area contributed by atoms with Gasteiger partial charge in [0.25, 0.3) is 0 Å². The number of carbonyl (C=O) groups is 1. The highest BCUT2D eigenvalue weighted by molar-refractivity contribution is 5.75. The smallest absolute Gasteiger partial charge is 0.419 e. The highest BCUT2D eigenvalue weighted by atomic mass is 19.4. The molecule has 7 heteroatoms. The van der Waals surface area contributed by atoms with Crippen molar-refractivity contribution < 1.29 is 22.7 Å². The fourth-order valence-electron chi connectivity index (χ4n) is 1.88. The molecule has 0 N–H and O–H groups in total. The van der Waals surface area contributed by atoms with Crippen molar-refractivity contribution in [1.82, 2.24) is 9.78 Å². The summed E-state index contributed by atoms with van der Waals surface area (Å²) >= 11 is 0. The van der Waals surface area contributed by atoms with Crippen LogP contribution in [0.3, 0.4) is 0 Å². The van der Waals surface area contributed by atoms with Gasteiger partial charge >= 0.3 is 6.18 Å². The van der Waals surface area contributed by atoms with Gasteiger partial charge in [0, 0.05) is 30.9 Å². The van der Waals surface area contributed by atoms with Crippen LogP contribution in [0.25, 0.3) is 0 Å². The second kappa shape index (κ2) is 5.99. The Bertz CT molecular complexity index is 635. The lowest BCUT2D eigenvalue weighted by Gasteiger charge is -2.14. The van der Waals surface area contributed by atoms with Crippen LogP contribution in [-0.4, -0.2) is 22.7 Å². The van der Waals surface area contributed by atoms with Gasteiger partial charge in [-0.2, -0.15) is 18.3 Å². The lowest BCUT2D eigenvalue weighted by Crippen LogP contribution is -2.12. The number of nitrogens with zero attached hydrogens (tertiary/aromatic N) is 2. The number of alkyl halides is 3. The van der Waals surface area contributed by atoms with Gasteiger partial charge in [-0.25, -0.2) is 0 Å². The van der Waals surface area contributed by atoms with E-state index in [1.54, 1.807) is 24.0 Å². The van der Waals surface area contributed by atoms with E-state index in [1.165, 1.54) is 6.07 Å². The Hall–Kier alpha value is -2.31. The average molecular weight is 298 g/mol. The van der Waals surface area contributed by atoms with Crippen LogP contribution in [0.15, 0.2) is 30.5 Å². The summed E-state index contributed by atoms with van der Waals surface area (Å²) in [7, 11) is 1.75. The van der Waals surface area contributed by atoms with Crippen molar-refractivity contribution in [2.24, 2.45) is 7.05 Å². The summed E-state index contributed by atoms with van der Waals surface area (Å²) in [6, 6.07) is 5.01. The molecule has 0 aliphatic carbocycles. The number of ether oxygens (including phenoxy) is 1. The molecular formula is C14H13F3N2O2. The third kappa shape index (κ3) is 3.62. The van der Waals surface area contributed by atoms with Gasteiger partial charge < -0.3 is 4.74 Å². The number of halogens is 3. The van der Waals surface area contributed by atoms with E-state index < -0.39 is 11.7 Å². The summed E-state index contributed by atoms with van der Waals surface area (Å²) in [6.45, 7) is 0.0864. The topological polar surface area (TPSA) is 44.1 Å². The zero-order chi connectivity index (χ0) is 15.5. The number of carbonyl (C=O) groups excluding carboxylic acids is 1. The monoisotopic (exact) mass is 298 g/mol. The van der Waals surface area contributed by atoms with Crippen LogP contribution in [0.2, 0.25) is 0 Å². The standard InChI is InChI=1S/C14H13F3N2O2/c1-19-11(4-6-18-19)5-7-21-13-3-2-10(9-20)8-12(13)14(15,16)17/h2-4,6,8-9H,5,7H2,1H3. The molecule has 2 rings (SSSR count). The number of aryl methyl sites for hydroxylation is 1. The summed E-state index contributed by atoms with van der Waals surface area (Å²) in [5.41, 5.74) is -0.133. The zero-order valence-corrected chi connectivity index (χ0v) is 11.2. The molecule has 0 aliphatic heterocycles. The Morgan fingerprint density at radius 2 is 2.10 bits per heavy atom. The van der Waals surface area contributed by atoms with Crippen LogP contribution in [-0.2, 0) is 19.6 Å². The lowest BCUT2D eigenvalue weighted by molar-refractivity contribution is -0.138. The highest BCUT2D eigenvalue weighted by Gasteiger charge is 2.34. The maximum Gasteiger partial charge on any atom is 0.419 e. The number of rotatable bonds is 5. The normalized spacial score (nSPS) is 11.4. The molecule has 0 saturated heterocycles. The van der Waals surface area contributed by atoms with Gasteiger partial charge in [-0.15, -0.1) is 0 Å². The maximum atomic E-state index is 12.9. The van der Waals surface area contributed by atoms with Crippen molar-refractivity contribution in [2.75, 3.05) is 6.61 Å². The predicted molar refractivity (Wildman–Crippen MR) is 69.2 cm³/mol. The Kier molecular flexibility index (Phi) is 4.30. The number of benzene rings is 1. The molecular weight excluding hydrogens is 285 g/mol. The summed E-state index contributed by atoms with van der Waals surface area (Å²) in [5, 5.41) is 3.96. The summed E-state index contributed by atoms with van der Waals surface area (Å²) in [5.74, 6) is -0.282. The molecule has 1 aromatic carbocycles. The molecule has 0 bridgehead atoms. The quantitative estimate of drug-likeness (QED) is 0.797. The van der Waals surface area contributed by atoms with Crippen LogP contribution in [0, 0.1) is 0 Å². The van der Waals surface area contributed by atoms with Crippen LogP contribution >= 0.6 is 0 Å². The second-order valence-corrected chi connectivity index (χ2v) is 4.42. The van der Waals surface area contributed by atoms with Gasteiger partial charge in [0.1, 0.15) is 12.0 Å². The Morgan fingerprint density at radius 3 is 2.67 bits per heavy atom. The molecule has 0 atom stereocenters. The highest BCUT2D eigenvalue weighted by Crippen LogP contribution is 2.36. The molecule has 0 fully saturated rings. The van der Waals surface area contributed by atoms with Gasteiger partial charge in [-0.1, -0.05) is 0 Å². The van der Waals surface area contributed by atoms with E-state index in [0.29, 0.717) is 12.7 Å². The third-order valence-electron chi connectivity index (χ3n) is 2.98.